The number of fused-ring (bicyclic) bond motifs is 1. The van der Waals surface area contributed by atoms with Gasteiger partial charge in [-0.3, -0.25) is 0 Å². The largest absolute Gasteiger partial charge is 0.368 e. The van der Waals surface area contributed by atoms with Crippen molar-refractivity contribution < 1.29 is 9.84 Å². The van der Waals surface area contributed by atoms with Crippen LogP contribution in [-0.2, 0) is 4.74 Å². The van der Waals surface area contributed by atoms with E-state index in [1.54, 1.807) is 6.92 Å². The van der Waals surface area contributed by atoms with Gasteiger partial charge in [0.1, 0.15) is 0 Å². The molecular weight excluding hydrogens is 416 g/mol. The van der Waals surface area contributed by atoms with Crippen molar-refractivity contribution in [3.63, 3.8) is 0 Å². The van der Waals surface area contributed by atoms with Crippen molar-refractivity contribution in [2.45, 2.75) is 93.3 Å². The van der Waals surface area contributed by atoms with Crippen LogP contribution in [0.15, 0.2) is 48.6 Å². The van der Waals surface area contributed by atoms with Gasteiger partial charge in [-0.1, -0.05) is 90.2 Å². The third-order valence-electron chi connectivity index (χ3n) is 7.65. The lowest BCUT2D eigenvalue weighted by Gasteiger charge is -2.47. The van der Waals surface area contributed by atoms with Gasteiger partial charge in [0.2, 0.25) is 0 Å². The minimum atomic E-state index is -0.677. The van der Waals surface area contributed by atoms with E-state index in [1.807, 2.05) is 0 Å². The molecule has 2 rings (SSSR count). The lowest BCUT2D eigenvalue weighted by molar-refractivity contribution is -0.0833. The van der Waals surface area contributed by atoms with Gasteiger partial charge in [0.15, 0.2) is 6.29 Å². The van der Waals surface area contributed by atoms with Crippen LogP contribution in [0.1, 0.15) is 87.0 Å². The van der Waals surface area contributed by atoms with Gasteiger partial charge < -0.3 is 9.84 Å². The Bertz CT molecular complexity index is 666. The Labute approximate surface area is 211 Å². The van der Waals surface area contributed by atoms with E-state index in [-0.39, 0.29) is 0 Å². The number of aliphatic hydroxyl groups excluding tert-OH is 1. The highest BCUT2D eigenvalue weighted by atomic mass is 16.6. The molecule has 1 N–H and O–H groups in total. The molecule has 0 spiro atoms. The fourth-order valence-corrected chi connectivity index (χ4v) is 6.25. The van der Waals surface area contributed by atoms with Gasteiger partial charge in [0, 0.05) is 0 Å². The van der Waals surface area contributed by atoms with Gasteiger partial charge in [0.25, 0.3) is 0 Å². The van der Waals surface area contributed by atoms with Crippen molar-refractivity contribution >= 4 is 0 Å². The first-order valence-electron chi connectivity index (χ1n) is 14.2. The molecule has 0 aliphatic heterocycles. The van der Waals surface area contributed by atoms with Crippen LogP contribution in [0.2, 0.25) is 0 Å². The fourth-order valence-electron chi connectivity index (χ4n) is 6.25. The first kappa shape index (κ1) is 29.1. The Hall–Kier alpha value is -1.12. The summed E-state index contributed by atoms with van der Waals surface area (Å²) in [5, 5.41) is 9.35. The van der Waals surface area contributed by atoms with Crippen molar-refractivity contribution in [3.8, 4) is 0 Å². The molecular formula is C32H54O2. The second-order valence-electron chi connectivity index (χ2n) is 12.2. The standard InChI is InChI=1S/C32H54O2/c1-23(2)13-12-15-28(22-25(5)6)30-19-18-29(31-16-8-9-17-32(30)31)27(21-24(3)4)14-10-11-20-34-26(7)33/h8-10,12,14-17,23-33H,11,13,18-22H2,1-7H3/b14-10+,15-12+. The summed E-state index contributed by atoms with van der Waals surface area (Å²) in [6.07, 6.45) is 26.1. The molecule has 0 heterocycles. The summed E-state index contributed by atoms with van der Waals surface area (Å²) in [7, 11) is 0. The molecule has 0 radical (unpaired) electrons. The molecule has 1 saturated carbocycles. The lowest BCUT2D eigenvalue weighted by Crippen LogP contribution is -2.40. The molecule has 2 nitrogen and oxygen atoms in total. The van der Waals surface area contributed by atoms with E-state index in [0.717, 1.165) is 24.2 Å². The fraction of sp³-hybridized carbons (Fsp3) is 0.750. The predicted molar refractivity (Wildman–Crippen MR) is 147 cm³/mol. The monoisotopic (exact) mass is 470 g/mol. The van der Waals surface area contributed by atoms with E-state index < -0.39 is 6.29 Å². The first-order valence-corrected chi connectivity index (χ1v) is 14.2. The third kappa shape index (κ3) is 9.86. The van der Waals surface area contributed by atoms with Crippen molar-refractivity contribution in [1.82, 2.24) is 0 Å². The van der Waals surface area contributed by atoms with Crippen LogP contribution in [0, 0.1) is 53.3 Å². The minimum absolute atomic E-state index is 0.587. The summed E-state index contributed by atoms with van der Waals surface area (Å²) in [6, 6.07) is 0. The maximum absolute atomic E-state index is 9.35. The number of allylic oxidation sites excluding steroid dienone is 7. The highest BCUT2D eigenvalue weighted by Gasteiger charge is 2.42. The van der Waals surface area contributed by atoms with Crippen LogP contribution in [0.5, 0.6) is 0 Å². The van der Waals surface area contributed by atoms with Crippen LogP contribution >= 0.6 is 0 Å². The number of ether oxygens (including phenoxy) is 1. The molecule has 0 aromatic heterocycles. The maximum Gasteiger partial charge on any atom is 0.151 e. The van der Waals surface area contributed by atoms with Gasteiger partial charge in [-0.05, 0) is 98.7 Å². The third-order valence-corrected chi connectivity index (χ3v) is 7.65. The molecule has 0 aromatic carbocycles. The molecule has 7 unspecified atom stereocenters. The second-order valence-corrected chi connectivity index (χ2v) is 12.2. The highest BCUT2D eigenvalue weighted by Crippen LogP contribution is 2.50. The molecule has 7 atom stereocenters. The zero-order valence-corrected chi connectivity index (χ0v) is 23.2. The van der Waals surface area contributed by atoms with Crippen molar-refractivity contribution in [2.75, 3.05) is 6.61 Å². The number of hydrogen-bond donors (Lipinski definition) is 1. The molecule has 2 heteroatoms. The maximum atomic E-state index is 9.35. The zero-order valence-electron chi connectivity index (χ0n) is 23.2. The van der Waals surface area contributed by atoms with Crippen LogP contribution in [0.25, 0.3) is 0 Å². The summed E-state index contributed by atoms with van der Waals surface area (Å²) >= 11 is 0. The molecule has 0 amide bonds. The first-order chi connectivity index (χ1) is 16.2. The smallest absolute Gasteiger partial charge is 0.151 e. The van der Waals surface area contributed by atoms with E-state index >= 15 is 0 Å². The summed E-state index contributed by atoms with van der Waals surface area (Å²) in [4.78, 5) is 0. The van der Waals surface area contributed by atoms with Gasteiger partial charge in [0.05, 0.1) is 6.61 Å². The van der Waals surface area contributed by atoms with Gasteiger partial charge in [-0.15, -0.1) is 0 Å². The average Bonchev–Trinajstić information content (AvgIpc) is 2.76. The Morgan fingerprint density at radius 1 is 0.765 bits per heavy atom. The van der Waals surface area contributed by atoms with Crippen molar-refractivity contribution in [1.29, 1.82) is 0 Å². The van der Waals surface area contributed by atoms with Crippen LogP contribution in [0.3, 0.4) is 0 Å². The van der Waals surface area contributed by atoms with Gasteiger partial charge in [-0.2, -0.15) is 0 Å². The molecule has 194 valence electrons. The highest BCUT2D eigenvalue weighted by molar-refractivity contribution is 5.20. The summed E-state index contributed by atoms with van der Waals surface area (Å²) < 4.78 is 5.33. The van der Waals surface area contributed by atoms with Crippen LogP contribution < -0.4 is 0 Å². The topological polar surface area (TPSA) is 29.5 Å². The number of rotatable bonds is 14. The van der Waals surface area contributed by atoms with Crippen LogP contribution in [-0.4, -0.2) is 18.0 Å². The molecule has 1 fully saturated rings. The molecule has 2 aliphatic rings. The normalized spacial score (nSPS) is 27.9. The van der Waals surface area contributed by atoms with Crippen LogP contribution in [0.4, 0.5) is 0 Å². The summed E-state index contributed by atoms with van der Waals surface area (Å²) in [5.74, 6) is 6.18. The average molecular weight is 471 g/mol. The summed E-state index contributed by atoms with van der Waals surface area (Å²) in [6.45, 7) is 16.4. The van der Waals surface area contributed by atoms with Gasteiger partial charge >= 0.3 is 0 Å². The molecule has 2 aliphatic carbocycles. The zero-order chi connectivity index (χ0) is 25.1. The van der Waals surface area contributed by atoms with Crippen molar-refractivity contribution in [3.05, 3.63) is 48.6 Å². The van der Waals surface area contributed by atoms with E-state index in [1.165, 1.54) is 32.1 Å². The number of aliphatic hydroxyl groups is 1. The molecule has 0 aromatic rings. The van der Waals surface area contributed by atoms with E-state index in [0.29, 0.717) is 42.1 Å². The molecule has 0 saturated heterocycles. The van der Waals surface area contributed by atoms with Gasteiger partial charge in [-0.25, -0.2) is 0 Å². The number of hydrogen-bond acceptors (Lipinski definition) is 2. The Morgan fingerprint density at radius 2 is 1.26 bits per heavy atom. The SMILES string of the molecule is CC(C)C/C=C/C(CC(C)C)C1CCC(C(/C=C/CCOC(C)O)CC(C)C)C2C=CC=CC21. The van der Waals surface area contributed by atoms with Crippen molar-refractivity contribution in [2.24, 2.45) is 53.3 Å². The quantitative estimate of drug-likeness (QED) is 0.156. The lowest BCUT2D eigenvalue weighted by atomic mass is 9.57. The van der Waals surface area contributed by atoms with E-state index in [9.17, 15) is 5.11 Å². The molecule has 34 heavy (non-hydrogen) atoms. The predicted octanol–water partition coefficient (Wildman–Crippen LogP) is 8.60. The second kappa shape index (κ2) is 15.1. The Morgan fingerprint density at radius 3 is 1.71 bits per heavy atom. The summed E-state index contributed by atoms with van der Waals surface area (Å²) in [5.41, 5.74) is 0. The van der Waals surface area contributed by atoms with E-state index in [2.05, 4.69) is 90.2 Å². The Balaban J connectivity index is 2.19. The minimum Gasteiger partial charge on any atom is -0.368 e. The Kier molecular flexibility index (Phi) is 12.9. The molecule has 0 bridgehead atoms. The van der Waals surface area contributed by atoms with E-state index in [4.69, 9.17) is 4.74 Å².